The lowest BCUT2D eigenvalue weighted by Crippen LogP contribution is -2.12. The van der Waals surface area contributed by atoms with E-state index >= 15 is 0 Å². The first-order valence-corrected chi connectivity index (χ1v) is 8.34. The molecule has 0 aliphatic rings. The SMILES string of the molecule is N#Cc1ccccc1NCCOc1ccc(Cc2ccccc2)cc1. The largest absolute Gasteiger partial charge is 0.492 e. The van der Waals surface area contributed by atoms with Gasteiger partial charge in [0, 0.05) is 6.54 Å². The number of rotatable bonds is 7. The summed E-state index contributed by atoms with van der Waals surface area (Å²) in [6.07, 6.45) is 0.924. The smallest absolute Gasteiger partial charge is 0.119 e. The lowest BCUT2D eigenvalue weighted by molar-refractivity contribution is 0.333. The van der Waals surface area contributed by atoms with Gasteiger partial charge in [-0.3, -0.25) is 0 Å². The highest BCUT2D eigenvalue weighted by Gasteiger charge is 2.00. The van der Waals surface area contributed by atoms with Gasteiger partial charge in [0.05, 0.1) is 11.3 Å². The van der Waals surface area contributed by atoms with Crippen molar-refractivity contribution in [1.29, 1.82) is 5.26 Å². The van der Waals surface area contributed by atoms with Crippen molar-refractivity contribution in [3.05, 3.63) is 95.6 Å². The summed E-state index contributed by atoms with van der Waals surface area (Å²) >= 11 is 0. The highest BCUT2D eigenvalue weighted by atomic mass is 16.5. The fourth-order valence-corrected chi connectivity index (χ4v) is 2.62. The van der Waals surface area contributed by atoms with E-state index in [1.54, 1.807) is 6.07 Å². The van der Waals surface area contributed by atoms with Crippen LogP contribution in [0.25, 0.3) is 0 Å². The number of ether oxygens (including phenoxy) is 1. The highest BCUT2D eigenvalue weighted by molar-refractivity contribution is 5.57. The quantitative estimate of drug-likeness (QED) is 0.643. The summed E-state index contributed by atoms with van der Waals surface area (Å²) in [5, 5.41) is 12.3. The molecule has 1 N–H and O–H groups in total. The van der Waals surface area contributed by atoms with Crippen LogP contribution in [0.3, 0.4) is 0 Å². The summed E-state index contributed by atoms with van der Waals surface area (Å²) in [4.78, 5) is 0. The zero-order valence-corrected chi connectivity index (χ0v) is 14.0. The molecule has 3 nitrogen and oxygen atoms in total. The molecule has 0 spiro atoms. The molecule has 3 aromatic carbocycles. The second kappa shape index (κ2) is 8.56. The van der Waals surface area contributed by atoms with Crippen LogP contribution >= 0.6 is 0 Å². The Morgan fingerprint density at radius 3 is 2.24 bits per heavy atom. The molecule has 0 unspecified atom stereocenters. The molecule has 0 fully saturated rings. The van der Waals surface area contributed by atoms with Crippen LogP contribution in [0.4, 0.5) is 5.69 Å². The third kappa shape index (κ3) is 4.86. The van der Waals surface area contributed by atoms with E-state index in [4.69, 9.17) is 10.00 Å². The van der Waals surface area contributed by atoms with Gasteiger partial charge in [-0.1, -0.05) is 54.6 Å². The maximum atomic E-state index is 9.06. The third-order valence-corrected chi connectivity index (χ3v) is 3.91. The number of hydrogen-bond donors (Lipinski definition) is 1. The fourth-order valence-electron chi connectivity index (χ4n) is 2.62. The molecule has 0 aliphatic heterocycles. The van der Waals surface area contributed by atoms with Gasteiger partial charge in [-0.15, -0.1) is 0 Å². The van der Waals surface area contributed by atoms with Gasteiger partial charge in [0.1, 0.15) is 18.4 Å². The Hall–Kier alpha value is -3.25. The number of benzene rings is 3. The van der Waals surface area contributed by atoms with Gasteiger partial charge in [0.2, 0.25) is 0 Å². The van der Waals surface area contributed by atoms with E-state index in [0.29, 0.717) is 18.7 Å². The van der Waals surface area contributed by atoms with E-state index in [1.807, 2.05) is 36.4 Å². The summed E-state index contributed by atoms with van der Waals surface area (Å²) in [6, 6.07) is 28.3. The van der Waals surface area contributed by atoms with Crippen LogP contribution in [0.1, 0.15) is 16.7 Å². The minimum absolute atomic E-state index is 0.539. The van der Waals surface area contributed by atoms with Crippen LogP contribution in [-0.4, -0.2) is 13.2 Å². The molecule has 0 saturated carbocycles. The average Bonchev–Trinajstić information content (AvgIpc) is 2.67. The Labute approximate surface area is 148 Å². The third-order valence-electron chi connectivity index (χ3n) is 3.91. The Balaban J connectivity index is 1.47. The van der Waals surface area contributed by atoms with E-state index in [1.165, 1.54) is 11.1 Å². The van der Waals surface area contributed by atoms with E-state index in [9.17, 15) is 0 Å². The minimum atomic E-state index is 0.539. The van der Waals surface area contributed by atoms with Crippen molar-refractivity contribution < 1.29 is 4.74 Å². The van der Waals surface area contributed by atoms with Gasteiger partial charge in [-0.2, -0.15) is 5.26 Å². The van der Waals surface area contributed by atoms with Crippen LogP contribution in [0.15, 0.2) is 78.9 Å². The molecule has 124 valence electrons. The van der Waals surface area contributed by atoms with Crippen molar-refractivity contribution in [3.63, 3.8) is 0 Å². The molecule has 0 saturated heterocycles. The monoisotopic (exact) mass is 328 g/mol. The van der Waals surface area contributed by atoms with Gasteiger partial charge in [0.25, 0.3) is 0 Å². The van der Waals surface area contributed by atoms with Gasteiger partial charge in [-0.25, -0.2) is 0 Å². The Morgan fingerprint density at radius 2 is 1.48 bits per heavy atom. The molecule has 25 heavy (non-hydrogen) atoms. The maximum absolute atomic E-state index is 9.06. The molecule has 3 heteroatoms. The second-order valence-electron chi connectivity index (χ2n) is 5.74. The number of anilines is 1. The van der Waals surface area contributed by atoms with Gasteiger partial charge >= 0.3 is 0 Å². The summed E-state index contributed by atoms with van der Waals surface area (Å²) in [5.41, 5.74) is 4.05. The summed E-state index contributed by atoms with van der Waals surface area (Å²) < 4.78 is 5.76. The lowest BCUT2D eigenvalue weighted by Gasteiger charge is -2.10. The Kier molecular flexibility index (Phi) is 5.68. The zero-order valence-electron chi connectivity index (χ0n) is 14.0. The molecule has 0 radical (unpaired) electrons. The molecular weight excluding hydrogens is 308 g/mol. The number of para-hydroxylation sites is 1. The Bertz CT molecular complexity index is 836. The van der Waals surface area contributed by atoms with Crippen molar-refractivity contribution in [2.75, 3.05) is 18.5 Å². The van der Waals surface area contributed by atoms with E-state index in [0.717, 1.165) is 17.9 Å². The van der Waals surface area contributed by atoms with Gasteiger partial charge < -0.3 is 10.1 Å². The highest BCUT2D eigenvalue weighted by Crippen LogP contribution is 2.16. The topological polar surface area (TPSA) is 45.0 Å². The van der Waals surface area contributed by atoms with Gasteiger partial charge in [-0.05, 0) is 41.8 Å². The van der Waals surface area contributed by atoms with Crippen molar-refractivity contribution in [2.24, 2.45) is 0 Å². The number of nitriles is 1. The standard InChI is InChI=1S/C22H20N2O/c23-17-20-8-4-5-9-22(20)24-14-15-25-21-12-10-19(11-13-21)16-18-6-2-1-3-7-18/h1-13,24H,14-16H2. The first kappa shape index (κ1) is 16.6. The predicted molar refractivity (Wildman–Crippen MR) is 101 cm³/mol. The second-order valence-corrected chi connectivity index (χ2v) is 5.74. The first-order valence-electron chi connectivity index (χ1n) is 8.34. The molecule has 0 amide bonds. The van der Waals surface area contributed by atoms with Crippen molar-refractivity contribution in [3.8, 4) is 11.8 Å². The van der Waals surface area contributed by atoms with Crippen LogP contribution in [0, 0.1) is 11.3 Å². The molecule has 0 heterocycles. The summed E-state index contributed by atoms with van der Waals surface area (Å²) in [7, 11) is 0. The molecular formula is C22H20N2O. The summed E-state index contributed by atoms with van der Waals surface area (Å²) in [6.45, 7) is 1.18. The summed E-state index contributed by atoms with van der Waals surface area (Å²) in [5.74, 6) is 0.854. The van der Waals surface area contributed by atoms with Crippen molar-refractivity contribution in [1.82, 2.24) is 0 Å². The van der Waals surface area contributed by atoms with Crippen LogP contribution < -0.4 is 10.1 Å². The molecule has 0 atom stereocenters. The number of hydrogen-bond acceptors (Lipinski definition) is 3. The average molecular weight is 328 g/mol. The van der Waals surface area contributed by atoms with Gasteiger partial charge in [0.15, 0.2) is 0 Å². The Morgan fingerprint density at radius 1 is 0.800 bits per heavy atom. The van der Waals surface area contributed by atoms with Crippen LogP contribution in [0.5, 0.6) is 5.75 Å². The van der Waals surface area contributed by atoms with E-state index in [2.05, 4.69) is 47.8 Å². The molecule has 3 rings (SSSR count). The molecule has 0 aliphatic carbocycles. The molecule has 3 aromatic rings. The first-order chi connectivity index (χ1) is 12.3. The molecule has 0 bridgehead atoms. The van der Waals surface area contributed by atoms with E-state index in [-0.39, 0.29) is 0 Å². The molecule has 0 aromatic heterocycles. The number of nitrogens with zero attached hydrogens (tertiary/aromatic N) is 1. The maximum Gasteiger partial charge on any atom is 0.119 e. The van der Waals surface area contributed by atoms with Crippen molar-refractivity contribution >= 4 is 5.69 Å². The number of nitrogens with one attached hydrogen (secondary N) is 1. The fraction of sp³-hybridized carbons (Fsp3) is 0.136. The van der Waals surface area contributed by atoms with E-state index < -0.39 is 0 Å². The van der Waals surface area contributed by atoms with Crippen LogP contribution in [-0.2, 0) is 6.42 Å². The predicted octanol–water partition coefficient (Wildman–Crippen LogP) is 4.64. The van der Waals surface area contributed by atoms with Crippen molar-refractivity contribution in [2.45, 2.75) is 6.42 Å². The zero-order chi connectivity index (χ0) is 17.3. The minimum Gasteiger partial charge on any atom is -0.492 e. The van der Waals surface area contributed by atoms with Crippen LogP contribution in [0.2, 0.25) is 0 Å². The lowest BCUT2D eigenvalue weighted by atomic mass is 10.1. The normalized spacial score (nSPS) is 10.0.